The first-order valence-corrected chi connectivity index (χ1v) is 4.55. The second-order valence-corrected chi connectivity index (χ2v) is 3.18. The Labute approximate surface area is 78.9 Å². The summed E-state index contributed by atoms with van der Waals surface area (Å²) >= 11 is 6.01. The van der Waals surface area contributed by atoms with Gasteiger partial charge in [-0.25, -0.2) is 0 Å². The van der Waals surface area contributed by atoms with Crippen LogP contribution in [0.5, 0.6) is 0 Å². The van der Waals surface area contributed by atoms with E-state index in [1.165, 1.54) is 5.57 Å². The van der Waals surface area contributed by atoms with Gasteiger partial charge in [0.25, 0.3) is 0 Å². The van der Waals surface area contributed by atoms with Crippen molar-refractivity contribution in [2.24, 2.45) is 0 Å². The van der Waals surface area contributed by atoms with Crippen molar-refractivity contribution in [2.75, 3.05) is 0 Å². The molecule has 1 heteroatoms. The minimum absolute atomic E-state index is 0.833. The highest BCUT2D eigenvalue weighted by atomic mass is 35.5. The minimum Gasteiger partial charge on any atom is -0.0837 e. The molecule has 0 fully saturated rings. The molecule has 0 aliphatic heterocycles. The van der Waals surface area contributed by atoms with Gasteiger partial charge in [0.05, 0.1) is 0 Å². The molecule has 0 aromatic heterocycles. The number of hydrogen-bond donors (Lipinski definition) is 0. The first-order chi connectivity index (χ1) is 5.75. The quantitative estimate of drug-likeness (QED) is 0.642. The number of hydrogen-bond acceptors (Lipinski definition) is 0. The number of rotatable bonds is 2. The van der Waals surface area contributed by atoms with Crippen LogP contribution < -0.4 is 0 Å². The van der Waals surface area contributed by atoms with Gasteiger partial charge in [0, 0.05) is 5.02 Å². The third-order valence-corrected chi connectivity index (χ3v) is 2.14. The zero-order valence-electron chi connectivity index (χ0n) is 7.47. The average Bonchev–Trinajstić information content (AvgIpc) is 2.05. The van der Waals surface area contributed by atoms with Gasteiger partial charge in [0.2, 0.25) is 0 Å². The Morgan fingerprint density at radius 1 is 1.42 bits per heavy atom. The Morgan fingerprint density at radius 3 is 2.67 bits per heavy atom. The summed E-state index contributed by atoms with van der Waals surface area (Å²) in [6, 6.07) is 7.92. The summed E-state index contributed by atoms with van der Waals surface area (Å²) in [7, 11) is 0. The molecule has 1 aromatic carbocycles. The Balaban J connectivity index is 3.02. The van der Waals surface area contributed by atoms with Crippen LogP contribution in [-0.2, 0) is 0 Å². The largest absolute Gasteiger partial charge is 0.0837 e. The van der Waals surface area contributed by atoms with Gasteiger partial charge in [0.15, 0.2) is 0 Å². The number of allylic oxidation sites excluding steroid dienone is 2. The maximum atomic E-state index is 6.01. The molecule has 0 nitrogen and oxygen atoms in total. The van der Waals surface area contributed by atoms with Crippen molar-refractivity contribution < 1.29 is 0 Å². The monoisotopic (exact) mass is 180 g/mol. The minimum atomic E-state index is 0.833. The lowest BCUT2D eigenvalue weighted by Crippen LogP contribution is -1.80. The van der Waals surface area contributed by atoms with Gasteiger partial charge in [-0.05, 0) is 30.5 Å². The van der Waals surface area contributed by atoms with Gasteiger partial charge in [-0.1, -0.05) is 42.8 Å². The lowest BCUT2D eigenvalue weighted by Gasteiger charge is -2.02. The molecule has 0 atom stereocenters. The van der Waals surface area contributed by atoms with Crippen molar-refractivity contribution >= 4 is 17.2 Å². The van der Waals surface area contributed by atoms with Crippen LogP contribution in [0.2, 0.25) is 5.02 Å². The van der Waals surface area contributed by atoms with Gasteiger partial charge < -0.3 is 0 Å². The normalized spacial score (nSPS) is 11.8. The lowest BCUT2D eigenvalue weighted by atomic mass is 10.1. The molecule has 0 unspecified atom stereocenters. The van der Waals surface area contributed by atoms with E-state index in [1.54, 1.807) is 0 Å². The maximum Gasteiger partial charge on any atom is 0.0480 e. The van der Waals surface area contributed by atoms with Crippen molar-refractivity contribution in [3.63, 3.8) is 0 Å². The van der Waals surface area contributed by atoms with Crippen molar-refractivity contribution in [3.8, 4) is 0 Å². The second-order valence-electron chi connectivity index (χ2n) is 2.78. The van der Waals surface area contributed by atoms with Crippen molar-refractivity contribution in [1.29, 1.82) is 0 Å². The highest BCUT2D eigenvalue weighted by Gasteiger charge is 1.98. The molecule has 0 saturated carbocycles. The molecule has 0 radical (unpaired) electrons. The van der Waals surface area contributed by atoms with E-state index in [9.17, 15) is 0 Å². The molecule has 0 N–H and O–H groups in total. The predicted molar refractivity (Wildman–Crippen MR) is 55.4 cm³/mol. The standard InChI is InChI=1S/C11H13Cl/c1-3-6-9(2)10-7-4-5-8-11(10)12/h4-8H,3H2,1-2H3. The number of halogens is 1. The van der Waals surface area contributed by atoms with Crippen LogP contribution in [0.25, 0.3) is 5.57 Å². The van der Waals surface area contributed by atoms with Gasteiger partial charge in [-0.2, -0.15) is 0 Å². The van der Waals surface area contributed by atoms with Gasteiger partial charge in [-0.3, -0.25) is 0 Å². The average molecular weight is 181 g/mol. The third-order valence-electron chi connectivity index (χ3n) is 1.81. The SMILES string of the molecule is CCC=C(C)c1ccccc1Cl. The molecule has 1 rings (SSSR count). The summed E-state index contributed by atoms with van der Waals surface area (Å²) < 4.78 is 0. The topological polar surface area (TPSA) is 0 Å². The fourth-order valence-electron chi connectivity index (χ4n) is 1.20. The van der Waals surface area contributed by atoms with Gasteiger partial charge in [-0.15, -0.1) is 0 Å². The number of benzene rings is 1. The van der Waals surface area contributed by atoms with Crippen LogP contribution in [0.1, 0.15) is 25.8 Å². The molecule has 1 aromatic rings. The first-order valence-electron chi connectivity index (χ1n) is 4.17. The van der Waals surface area contributed by atoms with Crippen LogP contribution in [0.4, 0.5) is 0 Å². The molecule has 0 heterocycles. The molecule has 0 bridgehead atoms. The Kier molecular flexibility index (Phi) is 3.36. The fourth-order valence-corrected chi connectivity index (χ4v) is 1.48. The van der Waals surface area contributed by atoms with Crippen LogP contribution in [-0.4, -0.2) is 0 Å². The molecule has 0 saturated heterocycles. The second kappa shape index (κ2) is 4.32. The summed E-state index contributed by atoms with van der Waals surface area (Å²) in [4.78, 5) is 0. The van der Waals surface area contributed by atoms with Gasteiger partial charge >= 0.3 is 0 Å². The van der Waals surface area contributed by atoms with E-state index in [0.29, 0.717) is 0 Å². The summed E-state index contributed by atoms with van der Waals surface area (Å²) in [5, 5.41) is 0.833. The smallest absolute Gasteiger partial charge is 0.0480 e. The van der Waals surface area contributed by atoms with Gasteiger partial charge in [0.1, 0.15) is 0 Å². The van der Waals surface area contributed by atoms with E-state index in [1.807, 2.05) is 24.3 Å². The van der Waals surface area contributed by atoms with Crippen LogP contribution in [0.15, 0.2) is 30.3 Å². The van der Waals surface area contributed by atoms with Crippen LogP contribution in [0.3, 0.4) is 0 Å². The molecule has 0 spiro atoms. The van der Waals surface area contributed by atoms with Crippen molar-refractivity contribution in [1.82, 2.24) is 0 Å². The Bertz CT molecular complexity index is 287. The van der Waals surface area contributed by atoms with E-state index >= 15 is 0 Å². The fraction of sp³-hybridized carbons (Fsp3) is 0.273. The molecular formula is C11H13Cl. The zero-order chi connectivity index (χ0) is 8.97. The van der Waals surface area contributed by atoms with E-state index in [-0.39, 0.29) is 0 Å². The Morgan fingerprint density at radius 2 is 2.08 bits per heavy atom. The van der Waals surface area contributed by atoms with Crippen molar-refractivity contribution in [3.05, 3.63) is 40.9 Å². The highest BCUT2D eigenvalue weighted by Crippen LogP contribution is 2.22. The summed E-state index contributed by atoms with van der Waals surface area (Å²) in [5.41, 5.74) is 2.39. The molecule has 12 heavy (non-hydrogen) atoms. The molecular weight excluding hydrogens is 168 g/mol. The van der Waals surface area contributed by atoms with Crippen LogP contribution in [0, 0.1) is 0 Å². The lowest BCUT2D eigenvalue weighted by molar-refractivity contribution is 1.22. The van der Waals surface area contributed by atoms with E-state index < -0.39 is 0 Å². The van der Waals surface area contributed by atoms with Crippen LogP contribution >= 0.6 is 11.6 Å². The summed E-state index contributed by atoms with van der Waals surface area (Å²) in [6.07, 6.45) is 3.23. The highest BCUT2D eigenvalue weighted by molar-refractivity contribution is 6.32. The predicted octanol–water partition coefficient (Wildman–Crippen LogP) is 4.15. The molecule has 0 aliphatic rings. The molecule has 0 aliphatic carbocycles. The van der Waals surface area contributed by atoms with Crippen molar-refractivity contribution in [2.45, 2.75) is 20.3 Å². The molecule has 64 valence electrons. The first kappa shape index (κ1) is 9.34. The maximum absolute atomic E-state index is 6.01. The summed E-state index contributed by atoms with van der Waals surface area (Å²) in [5.74, 6) is 0. The third kappa shape index (κ3) is 2.12. The molecule has 0 amide bonds. The van der Waals surface area contributed by atoms with E-state index in [4.69, 9.17) is 11.6 Å². The summed E-state index contributed by atoms with van der Waals surface area (Å²) in [6.45, 7) is 4.21. The van der Waals surface area contributed by atoms with E-state index in [0.717, 1.165) is 17.0 Å². The zero-order valence-corrected chi connectivity index (χ0v) is 8.23. The Hall–Kier alpha value is -0.750. The van der Waals surface area contributed by atoms with E-state index in [2.05, 4.69) is 19.9 Å².